The Balaban J connectivity index is 1.57. The van der Waals surface area contributed by atoms with Gasteiger partial charge in [0.15, 0.2) is 0 Å². The molecule has 3 aromatic rings. The van der Waals surface area contributed by atoms with Crippen LogP contribution in [0.3, 0.4) is 0 Å². The molecular weight excluding hydrogens is 318 g/mol. The van der Waals surface area contributed by atoms with E-state index < -0.39 is 0 Å². The Morgan fingerprint density at radius 1 is 1.20 bits per heavy atom. The molecule has 3 heterocycles. The molecule has 1 aliphatic carbocycles. The SMILES string of the molecule is COc1ccc(-c2cc(N3C[C@@H]4C[C@H](O)[C@@H]4C3)c3nncn3n2)cc1. The van der Waals surface area contributed by atoms with Crippen LogP contribution in [0.2, 0.25) is 0 Å². The number of ether oxygens (including phenoxy) is 1. The standard InChI is InChI=1S/C18H19N5O2/c1-25-13-4-2-11(3-5-13)15-7-16(18-20-19-10-23(18)21-15)22-8-12-6-17(24)14(12)9-22/h2-5,7,10,12,14,17,24H,6,8-9H2,1H3/t12-,14+,17-/m0/s1. The third-order valence-corrected chi connectivity index (χ3v) is 5.51. The molecule has 1 aromatic carbocycles. The minimum Gasteiger partial charge on any atom is -0.497 e. The van der Waals surface area contributed by atoms with Gasteiger partial charge in [-0.2, -0.15) is 9.61 Å². The molecular formula is C18H19N5O2. The highest BCUT2D eigenvalue weighted by molar-refractivity contribution is 5.75. The van der Waals surface area contributed by atoms with E-state index in [1.807, 2.05) is 24.3 Å². The van der Waals surface area contributed by atoms with Crippen molar-refractivity contribution in [3.8, 4) is 17.0 Å². The van der Waals surface area contributed by atoms with Gasteiger partial charge < -0.3 is 14.7 Å². The lowest BCUT2D eigenvalue weighted by atomic mass is 9.74. The third-order valence-electron chi connectivity index (χ3n) is 5.51. The third kappa shape index (κ3) is 2.26. The number of fused-ring (bicyclic) bond motifs is 2. The van der Waals surface area contributed by atoms with Crippen molar-refractivity contribution in [2.45, 2.75) is 12.5 Å². The van der Waals surface area contributed by atoms with Crippen LogP contribution in [0, 0.1) is 11.8 Å². The maximum Gasteiger partial charge on any atom is 0.200 e. The molecule has 1 N–H and O–H groups in total. The van der Waals surface area contributed by atoms with Gasteiger partial charge in [-0.05, 0) is 42.7 Å². The molecule has 5 rings (SSSR count). The fraction of sp³-hybridized carbons (Fsp3) is 0.389. The lowest BCUT2D eigenvalue weighted by Crippen LogP contribution is -2.39. The van der Waals surface area contributed by atoms with Crippen molar-refractivity contribution in [2.24, 2.45) is 11.8 Å². The topological polar surface area (TPSA) is 75.8 Å². The van der Waals surface area contributed by atoms with E-state index in [4.69, 9.17) is 4.74 Å². The van der Waals surface area contributed by atoms with Crippen molar-refractivity contribution in [3.05, 3.63) is 36.7 Å². The molecule has 0 bridgehead atoms. The Kier molecular flexibility index (Phi) is 3.18. The summed E-state index contributed by atoms with van der Waals surface area (Å²) in [7, 11) is 1.66. The lowest BCUT2D eigenvalue weighted by molar-refractivity contribution is -0.00398. The van der Waals surface area contributed by atoms with Gasteiger partial charge in [-0.1, -0.05) is 0 Å². The van der Waals surface area contributed by atoms with Crippen LogP contribution in [0.5, 0.6) is 5.75 Å². The van der Waals surface area contributed by atoms with Crippen LogP contribution < -0.4 is 9.64 Å². The van der Waals surface area contributed by atoms with Crippen LogP contribution in [-0.4, -0.2) is 51.2 Å². The molecule has 2 aromatic heterocycles. The van der Waals surface area contributed by atoms with E-state index in [1.165, 1.54) is 0 Å². The first-order valence-electron chi connectivity index (χ1n) is 8.51. The Morgan fingerprint density at radius 2 is 2.04 bits per heavy atom. The number of hydrogen-bond acceptors (Lipinski definition) is 6. The van der Waals surface area contributed by atoms with Gasteiger partial charge in [0.1, 0.15) is 12.1 Å². The van der Waals surface area contributed by atoms with E-state index in [-0.39, 0.29) is 6.10 Å². The molecule has 128 valence electrons. The summed E-state index contributed by atoms with van der Waals surface area (Å²) in [6.45, 7) is 1.82. The van der Waals surface area contributed by atoms with Crippen LogP contribution in [0.25, 0.3) is 16.9 Å². The highest BCUT2D eigenvalue weighted by Gasteiger charge is 2.46. The minimum absolute atomic E-state index is 0.160. The Morgan fingerprint density at radius 3 is 2.76 bits per heavy atom. The number of nitrogens with zero attached hydrogens (tertiary/aromatic N) is 5. The lowest BCUT2D eigenvalue weighted by Gasteiger charge is -2.34. The summed E-state index contributed by atoms with van der Waals surface area (Å²) >= 11 is 0. The Bertz CT molecular complexity index is 923. The zero-order valence-electron chi connectivity index (χ0n) is 13.9. The van der Waals surface area contributed by atoms with E-state index in [1.54, 1.807) is 18.0 Å². The van der Waals surface area contributed by atoms with Crippen LogP contribution >= 0.6 is 0 Å². The minimum atomic E-state index is -0.160. The molecule has 25 heavy (non-hydrogen) atoms. The van der Waals surface area contributed by atoms with Crippen molar-refractivity contribution in [3.63, 3.8) is 0 Å². The number of hydrogen-bond donors (Lipinski definition) is 1. The second-order valence-electron chi connectivity index (χ2n) is 6.87. The number of rotatable bonds is 3. The maximum absolute atomic E-state index is 9.95. The average Bonchev–Trinajstić information content (AvgIpc) is 3.25. The van der Waals surface area contributed by atoms with E-state index >= 15 is 0 Å². The highest BCUT2D eigenvalue weighted by Crippen LogP contribution is 2.43. The molecule has 1 aliphatic heterocycles. The average molecular weight is 337 g/mol. The first-order chi connectivity index (χ1) is 12.2. The number of aromatic nitrogens is 4. The van der Waals surface area contributed by atoms with Crippen molar-refractivity contribution in [1.29, 1.82) is 0 Å². The molecule has 7 heteroatoms. The van der Waals surface area contributed by atoms with Gasteiger partial charge in [0.2, 0.25) is 5.65 Å². The summed E-state index contributed by atoms with van der Waals surface area (Å²) < 4.78 is 6.96. The van der Waals surface area contributed by atoms with Crippen molar-refractivity contribution in [1.82, 2.24) is 19.8 Å². The van der Waals surface area contributed by atoms with Gasteiger partial charge in [0.25, 0.3) is 0 Å². The van der Waals surface area contributed by atoms with E-state index in [0.29, 0.717) is 11.8 Å². The van der Waals surface area contributed by atoms with Crippen LogP contribution in [0.4, 0.5) is 5.69 Å². The number of benzene rings is 1. The highest BCUT2D eigenvalue weighted by atomic mass is 16.5. The van der Waals surface area contributed by atoms with Crippen molar-refractivity contribution >= 4 is 11.3 Å². The molecule has 0 unspecified atom stereocenters. The molecule has 3 atom stereocenters. The molecule has 0 radical (unpaired) electrons. The van der Waals surface area contributed by atoms with Crippen LogP contribution in [0.1, 0.15) is 6.42 Å². The summed E-state index contributed by atoms with van der Waals surface area (Å²) in [4.78, 5) is 2.31. The Labute approximate surface area is 144 Å². The number of methoxy groups -OCH3 is 1. The number of aliphatic hydroxyl groups is 1. The van der Waals surface area contributed by atoms with Gasteiger partial charge in [0, 0.05) is 24.6 Å². The second-order valence-corrected chi connectivity index (χ2v) is 6.87. The number of aliphatic hydroxyl groups excluding tert-OH is 1. The first kappa shape index (κ1) is 14.7. The van der Waals surface area contributed by atoms with E-state index in [2.05, 4.69) is 26.3 Å². The quantitative estimate of drug-likeness (QED) is 0.783. The monoisotopic (exact) mass is 337 g/mol. The molecule has 2 fully saturated rings. The van der Waals surface area contributed by atoms with Gasteiger partial charge >= 0.3 is 0 Å². The smallest absolute Gasteiger partial charge is 0.200 e. The molecule has 2 aliphatic rings. The maximum atomic E-state index is 9.95. The van der Waals surface area contributed by atoms with Gasteiger partial charge in [-0.25, -0.2) is 0 Å². The summed E-state index contributed by atoms with van der Waals surface area (Å²) in [6.07, 6.45) is 2.37. The summed E-state index contributed by atoms with van der Waals surface area (Å²) in [5, 5.41) is 22.9. The second kappa shape index (κ2) is 5.42. The molecule has 7 nitrogen and oxygen atoms in total. The van der Waals surface area contributed by atoms with Gasteiger partial charge in [-0.3, -0.25) is 0 Å². The molecule has 0 amide bonds. The fourth-order valence-corrected chi connectivity index (χ4v) is 4.01. The largest absolute Gasteiger partial charge is 0.497 e. The predicted molar refractivity (Wildman–Crippen MR) is 92.6 cm³/mol. The van der Waals surface area contributed by atoms with Crippen molar-refractivity contribution < 1.29 is 9.84 Å². The van der Waals surface area contributed by atoms with E-state index in [9.17, 15) is 5.11 Å². The summed E-state index contributed by atoms with van der Waals surface area (Å²) in [5.41, 5.74) is 3.66. The fourth-order valence-electron chi connectivity index (χ4n) is 4.01. The van der Waals surface area contributed by atoms with E-state index in [0.717, 1.165) is 47.9 Å². The summed E-state index contributed by atoms with van der Waals surface area (Å²) in [6, 6.07) is 9.93. The zero-order chi connectivity index (χ0) is 17.0. The normalized spacial score (nSPS) is 25.0. The number of anilines is 1. The van der Waals surface area contributed by atoms with Crippen molar-refractivity contribution in [2.75, 3.05) is 25.1 Å². The van der Waals surface area contributed by atoms with Gasteiger partial charge in [0.05, 0.1) is 24.6 Å². The summed E-state index contributed by atoms with van der Waals surface area (Å²) in [5.74, 6) is 1.77. The van der Waals surface area contributed by atoms with Crippen LogP contribution in [0.15, 0.2) is 36.7 Å². The van der Waals surface area contributed by atoms with Gasteiger partial charge in [-0.15, -0.1) is 10.2 Å². The molecule has 0 spiro atoms. The van der Waals surface area contributed by atoms with Crippen LogP contribution in [-0.2, 0) is 0 Å². The Hall–Kier alpha value is -2.67. The molecule has 1 saturated heterocycles. The predicted octanol–water partition coefficient (Wildman–Crippen LogP) is 1.62. The first-order valence-corrected chi connectivity index (χ1v) is 8.51. The molecule has 1 saturated carbocycles. The zero-order valence-corrected chi connectivity index (χ0v) is 13.9.